The number of hydrogen-bond donors (Lipinski definition) is 1. The number of carbonyl (C=O) groups excluding carboxylic acids is 1. The second-order valence-electron chi connectivity index (χ2n) is 5.30. The minimum atomic E-state index is -0.874. The fourth-order valence-corrected chi connectivity index (χ4v) is 2.47. The minimum Gasteiger partial charge on any atom is -0.396 e. The van der Waals surface area contributed by atoms with E-state index in [9.17, 15) is 13.6 Å². The van der Waals surface area contributed by atoms with Gasteiger partial charge in [0.1, 0.15) is 11.6 Å². The number of carbonyl (C=O) groups is 1. The highest BCUT2D eigenvalue weighted by molar-refractivity contribution is 5.95. The third-order valence-corrected chi connectivity index (χ3v) is 3.87. The molecule has 6 heteroatoms. The number of nitrogens with zero attached hydrogens (tertiary/aromatic N) is 2. The monoisotopic (exact) mass is 283 g/mol. The Balaban J connectivity index is 2.16. The molecule has 1 heterocycles. The molecule has 0 spiro atoms. The molecule has 1 aromatic rings. The maximum absolute atomic E-state index is 13.7. The fourth-order valence-electron chi connectivity index (χ4n) is 2.47. The Morgan fingerprint density at radius 2 is 1.90 bits per heavy atom. The number of nitrogen functional groups attached to an aromatic ring is 1. The van der Waals surface area contributed by atoms with Crippen molar-refractivity contribution < 1.29 is 13.6 Å². The molecule has 0 aromatic heterocycles. The second-order valence-corrected chi connectivity index (χ2v) is 5.30. The van der Waals surface area contributed by atoms with E-state index in [-0.39, 0.29) is 17.3 Å². The number of benzene rings is 1. The van der Waals surface area contributed by atoms with Gasteiger partial charge in [0.25, 0.3) is 5.91 Å². The molecule has 2 N–H and O–H groups in total. The van der Waals surface area contributed by atoms with Gasteiger partial charge in [0.15, 0.2) is 0 Å². The van der Waals surface area contributed by atoms with Crippen molar-refractivity contribution in [1.29, 1.82) is 0 Å². The number of likely N-dealkylation sites (tertiary alicyclic amines) is 1. The molecule has 0 saturated carbocycles. The van der Waals surface area contributed by atoms with E-state index in [2.05, 4.69) is 4.90 Å². The Morgan fingerprint density at radius 3 is 2.50 bits per heavy atom. The topological polar surface area (TPSA) is 49.6 Å². The maximum atomic E-state index is 13.7. The zero-order valence-electron chi connectivity index (χ0n) is 11.7. The lowest BCUT2D eigenvalue weighted by Crippen LogP contribution is -2.44. The van der Waals surface area contributed by atoms with Crippen LogP contribution in [0.25, 0.3) is 0 Å². The van der Waals surface area contributed by atoms with Crippen molar-refractivity contribution in [1.82, 2.24) is 9.80 Å². The fraction of sp³-hybridized carbons (Fsp3) is 0.500. The van der Waals surface area contributed by atoms with Gasteiger partial charge in [-0.2, -0.15) is 0 Å². The minimum absolute atomic E-state index is 0.0735. The number of hydrogen-bond acceptors (Lipinski definition) is 3. The summed E-state index contributed by atoms with van der Waals surface area (Å²) < 4.78 is 26.8. The molecule has 0 radical (unpaired) electrons. The van der Waals surface area contributed by atoms with Gasteiger partial charge in [0, 0.05) is 19.2 Å². The lowest BCUT2D eigenvalue weighted by molar-refractivity contribution is 0.0655. The van der Waals surface area contributed by atoms with E-state index < -0.39 is 17.5 Å². The Hall–Kier alpha value is -1.69. The van der Waals surface area contributed by atoms with Gasteiger partial charge in [-0.1, -0.05) is 0 Å². The van der Waals surface area contributed by atoms with Gasteiger partial charge >= 0.3 is 0 Å². The first-order chi connectivity index (χ1) is 9.40. The summed E-state index contributed by atoms with van der Waals surface area (Å²) in [5, 5.41) is 0. The molecule has 1 fully saturated rings. The highest BCUT2D eigenvalue weighted by Crippen LogP contribution is 2.21. The van der Waals surface area contributed by atoms with E-state index in [0.29, 0.717) is 6.07 Å². The highest BCUT2D eigenvalue weighted by Gasteiger charge is 2.26. The molecule has 1 aliphatic rings. The van der Waals surface area contributed by atoms with Crippen molar-refractivity contribution in [2.45, 2.75) is 18.9 Å². The van der Waals surface area contributed by atoms with Crippen LogP contribution in [0.1, 0.15) is 23.2 Å². The average molecular weight is 283 g/mol. The normalized spacial score (nSPS) is 17.2. The summed E-state index contributed by atoms with van der Waals surface area (Å²) in [6, 6.07) is 1.80. The number of nitrogens with two attached hydrogens (primary N) is 1. The summed E-state index contributed by atoms with van der Waals surface area (Å²) >= 11 is 0. The largest absolute Gasteiger partial charge is 0.396 e. The van der Waals surface area contributed by atoms with Gasteiger partial charge < -0.3 is 15.5 Å². The molecule has 2 rings (SSSR count). The predicted molar refractivity (Wildman–Crippen MR) is 73.4 cm³/mol. The molecule has 4 nitrogen and oxygen atoms in total. The summed E-state index contributed by atoms with van der Waals surface area (Å²) in [5.41, 5.74) is 5.01. The first-order valence-corrected chi connectivity index (χ1v) is 6.60. The molecule has 0 unspecified atom stereocenters. The number of amides is 1. The molecular weight excluding hydrogens is 264 g/mol. The summed E-state index contributed by atoms with van der Waals surface area (Å²) in [7, 11) is 3.68. The zero-order valence-corrected chi connectivity index (χ0v) is 11.7. The molecule has 1 saturated heterocycles. The van der Waals surface area contributed by atoms with Crippen LogP contribution in [0.4, 0.5) is 14.5 Å². The molecule has 20 heavy (non-hydrogen) atoms. The second kappa shape index (κ2) is 5.75. The van der Waals surface area contributed by atoms with Crippen LogP contribution in [0.15, 0.2) is 12.1 Å². The number of piperidine rings is 1. The smallest absolute Gasteiger partial charge is 0.256 e. The quantitative estimate of drug-likeness (QED) is 0.841. The molecule has 110 valence electrons. The lowest BCUT2D eigenvalue weighted by Gasteiger charge is -2.35. The van der Waals surface area contributed by atoms with Crippen molar-refractivity contribution in [3.63, 3.8) is 0 Å². The van der Waals surface area contributed by atoms with E-state index in [0.717, 1.165) is 32.0 Å². The third kappa shape index (κ3) is 2.90. The van der Waals surface area contributed by atoms with E-state index in [1.54, 1.807) is 7.05 Å². The first-order valence-electron chi connectivity index (χ1n) is 6.60. The van der Waals surface area contributed by atoms with Crippen molar-refractivity contribution in [3.8, 4) is 0 Å². The van der Waals surface area contributed by atoms with Crippen molar-refractivity contribution in [2.75, 3.05) is 32.9 Å². The van der Waals surface area contributed by atoms with Crippen LogP contribution in [-0.2, 0) is 0 Å². The third-order valence-electron chi connectivity index (χ3n) is 3.87. The summed E-state index contributed by atoms with van der Waals surface area (Å²) in [4.78, 5) is 16.0. The molecule has 1 aromatic carbocycles. The van der Waals surface area contributed by atoms with Gasteiger partial charge in [0.2, 0.25) is 0 Å². The van der Waals surface area contributed by atoms with Gasteiger partial charge in [-0.05, 0) is 39.0 Å². The number of halogens is 2. The van der Waals surface area contributed by atoms with Gasteiger partial charge in [-0.3, -0.25) is 4.79 Å². The molecule has 1 amide bonds. The summed E-state index contributed by atoms with van der Waals surface area (Å²) in [5.74, 6) is -2.17. The van der Waals surface area contributed by atoms with Crippen molar-refractivity contribution >= 4 is 11.6 Å². The Bertz CT molecular complexity index is 513. The first kappa shape index (κ1) is 14.7. The number of anilines is 1. The summed E-state index contributed by atoms with van der Waals surface area (Å²) in [6.45, 7) is 1.80. The molecule has 0 aliphatic carbocycles. The number of rotatable bonds is 2. The van der Waals surface area contributed by atoms with Crippen LogP contribution in [0, 0.1) is 11.6 Å². The van der Waals surface area contributed by atoms with Crippen LogP contribution < -0.4 is 5.73 Å². The van der Waals surface area contributed by atoms with Crippen molar-refractivity contribution in [3.05, 3.63) is 29.3 Å². The average Bonchev–Trinajstić information content (AvgIpc) is 2.42. The molecule has 1 aliphatic heterocycles. The molecule has 0 atom stereocenters. The van der Waals surface area contributed by atoms with Gasteiger partial charge in [-0.25, -0.2) is 8.78 Å². The standard InChI is InChI=1S/C14H19F2N3O/c1-18-5-3-9(4-6-18)19(2)14(20)10-7-13(17)12(16)8-11(10)15/h7-9H,3-6,17H2,1-2H3. The Kier molecular flexibility index (Phi) is 4.23. The van der Waals surface area contributed by atoms with E-state index in [4.69, 9.17) is 5.73 Å². The van der Waals surface area contributed by atoms with Crippen LogP contribution in [0.5, 0.6) is 0 Å². The van der Waals surface area contributed by atoms with E-state index in [1.807, 2.05) is 7.05 Å². The van der Waals surface area contributed by atoms with Gasteiger partial charge in [0.05, 0.1) is 11.3 Å². The van der Waals surface area contributed by atoms with E-state index in [1.165, 1.54) is 4.90 Å². The molecular formula is C14H19F2N3O. The SMILES string of the molecule is CN1CCC(N(C)C(=O)c2cc(N)c(F)cc2F)CC1. The Labute approximate surface area is 117 Å². The Morgan fingerprint density at radius 1 is 1.30 bits per heavy atom. The lowest BCUT2D eigenvalue weighted by atomic mass is 10.0. The highest BCUT2D eigenvalue weighted by atomic mass is 19.1. The van der Waals surface area contributed by atoms with Crippen LogP contribution in [-0.4, -0.2) is 48.9 Å². The zero-order chi connectivity index (χ0) is 14.9. The van der Waals surface area contributed by atoms with Crippen molar-refractivity contribution in [2.24, 2.45) is 0 Å². The van der Waals surface area contributed by atoms with Crippen LogP contribution in [0.2, 0.25) is 0 Å². The molecule has 0 bridgehead atoms. The predicted octanol–water partition coefficient (Wildman–Crippen LogP) is 1.71. The van der Waals surface area contributed by atoms with Gasteiger partial charge in [-0.15, -0.1) is 0 Å². The van der Waals surface area contributed by atoms with Crippen LogP contribution >= 0.6 is 0 Å². The maximum Gasteiger partial charge on any atom is 0.256 e. The van der Waals surface area contributed by atoms with Crippen LogP contribution in [0.3, 0.4) is 0 Å². The van der Waals surface area contributed by atoms with E-state index >= 15 is 0 Å². The summed E-state index contributed by atoms with van der Waals surface area (Å²) in [6.07, 6.45) is 1.69.